The molecule has 0 amide bonds. The van der Waals surface area contributed by atoms with E-state index in [1.165, 1.54) is 52.1 Å². The molecule has 2 saturated heterocycles. The fraction of sp³-hybridized carbons (Fsp3) is 1.00. The van der Waals surface area contributed by atoms with E-state index in [-0.39, 0.29) is 0 Å². The zero-order chi connectivity index (χ0) is 10.7. The van der Waals surface area contributed by atoms with Crippen LogP contribution in [0.25, 0.3) is 0 Å². The number of rotatable bonds is 3. The van der Waals surface area contributed by atoms with E-state index < -0.39 is 0 Å². The van der Waals surface area contributed by atoms with E-state index in [9.17, 15) is 0 Å². The zero-order valence-electron chi connectivity index (χ0n) is 10.2. The quantitative estimate of drug-likeness (QED) is 0.744. The van der Waals surface area contributed by atoms with Gasteiger partial charge in [-0.05, 0) is 39.8 Å². The predicted molar refractivity (Wildman–Crippen MR) is 64.2 cm³/mol. The Balaban J connectivity index is 1.69. The fourth-order valence-electron chi connectivity index (χ4n) is 2.91. The van der Waals surface area contributed by atoms with Crippen LogP contribution in [0.2, 0.25) is 0 Å². The molecular weight excluding hydrogens is 186 g/mol. The van der Waals surface area contributed by atoms with Crippen molar-refractivity contribution in [1.82, 2.24) is 15.1 Å². The minimum absolute atomic E-state index is 0.660. The summed E-state index contributed by atoms with van der Waals surface area (Å²) in [5, 5.41) is 3.58. The van der Waals surface area contributed by atoms with Gasteiger partial charge in [0.1, 0.15) is 0 Å². The van der Waals surface area contributed by atoms with Gasteiger partial charge in [0.15, 0.2) is 0 Å². The van der Waals surface area contributed by atoms with E-state index >= 15 is 0 Å². The molecule has 0 radical (unpaired) electrons. The van der Waals surface area contributed by atoms with Crippen molar-refractivity contribution < 1.29 is 0 Å². The van der Waals surface area contributed by atoms with Crippen molar-refractivity contribution in [2.24, 2.45) is 0 Å². The molecule has 1 N–H and O–H groups in total. The molecule has 0 aromatic heterocycles. The van der Waals surface area contributed by atoms with E-state index in [0.29, 0.717) is 12.1 Å². The lowest BCUT2D eigenvalue weighted by Crippen LogP contribution is -2.55. The molecule has 0 saturated carbocycles. The SMILES string of the molecule is CC1CN(CCN2CCCC2)CC(C)N1. The van der Waals surface area contributed by atoms with Gasteiger partial charge >= 0.3 is 0 Å². The van der Waals surface area contributed by atoms with Gasteiger partial charge in [-0.15, -0.1) is 0 Å². The largest absolute Gasteiger partial charge is 0.309 e. The van der Waals surface area contributed by atoms with Crippen LogP contribution in [0.15, 0.2) is 0 Å². The van der Waals surface area contributed by atoms with E-state index in [0.717, 1.165) is 0 Å². The first-order valence-corrected chi connectivity index (χ1v) is 6.45. The smallest absolute Gasteiger partial charge is 0.0169 e. The standard InChI is InChI=1S/C12H25N3/c1-11-9-15(10-12(2)13-11)8-7-14-5-3-4-6-14/h11-13H,3-10H2,1-2H3. The number of nitrogens with zero attached hydrogens (tertiary/aromatic N) is 2. The second kappa shape index (κ2) is 5.28. The Morgan fingerprint density at radius 1 is 0.933 bits per heavy atom. The predicted octanol–water partition coefficient (Wildman–Crippen LogP) is 0.764. The summed E-state index contributed by atoms with van der Waals surface area (Å²) >= 11 is 0. The Hall–Kier alpha value is -0.120. The molecule has 2 unspecified atom stereocenters. The molecule has 0 aromatic carbocycles. The Morgan fingerprint density at radius 3 is 2.07 bits per heavy atom. The highest BCUT2D eigenvalue weighted by Gasteiger charge is 2.21. The van der Waals surface area contributed by atoms with Crippen LogP contribution in [-0.2, 0) is 0 Å². The Labute approximate surface area is 93.8 Å². The third kappa shape index (κ3) is 3.44. The van der Waals surface area contributed by atoms with Crippen LogP contribution >= 0.6 is 0 Å². The number of hydrogen-bond donors (Lipinski definition) is 1. The molecule has 0 bridgehead atoms. The Kier molecular flexibility index (Phi) is 4.00. The third-order valence-electron chi connectivity index (χ3n) is 3.56. The van der Waals surface area contributed by atoms with Gasteiger partial charge in [0, 0.05) is 38.3 Å². The first kappa shape index (κ1) is 11.4. The van der Waals surface area contributed by atoms with Gasteiger partial charge in [-0.1, -0.05) is 0 Å². The average Bonchev–Trinajstić information content (AvgIpc) is 2.65. The van der Waals surface area contributed by atoms with Crippen molar-refractivity contribution in [2.45, 2.75) is 38.8 Å². The molecule has 2 aliphatic rings. The topological polar surface area (TPSA) is 18.5 Å². The molecule has 2 heterocycles. The molecule has 15 heavy (non-hydrogen) atoms. The number of piperazine rings is 1. The maximum atomic E-state index is 3.58. The maximum Gasteiger partial charge on any atom is 0.0169 e. The maximum absolute atomic E-state index is 3.58. The molecule has 3 heteroatoms. The van der Waals surface area contributed by atoms with E-state index in [1.54, 1.807) is 0 Å². The van der Waals surface area contributed by atoms with Crippen LogP contribution in [0.3, 0.4) is 0 Å². The minimum atomic E-state index is 0.660. The molecule has 2 aliphatic heterocycles. The van der Waals surface area contributed by atoms with Crippen molar-refractivity contribution in [3.8, 4) is 0 Å². The minimum Gasteiger partial charge on any atom is -0.309 e. The van der Waals surface area contributed by atoms with Crippen molar-refractivity contribution in [3.63, 3.8) is 0 Å². The lowest BCUT2D eigenvalue weighted by molar-refractivity contribution is 0.155. The molecule has 2 rings (SSSR count). The van der Waals surface area contributed by atoms with E-state index in [4.69, 9.17) is 0 Å². The summed E-state index contributed by atoms with van der Waals surface area (Å²) < 4.78 is 0. The van der Waals surface area contributed by atoms with E-state index in [2.05, 4.69) is 29.0 Å². The molecule has 2 fully saturated rings. The summed E-state index contributed by atoms with van der Waals surface area (Å²) in [5.41, 5.74) is 0. The average molecular weight is 211 g/mol. The van der Waals surface area contributed by atoms with Crippen molar-refractivity contribution in [2.75, 3.05) is 39.3 Å². The summed E-state index contributed by atoms with van der Waals surface area (Å²) in [7, 11) is 0. The van der Waals surface area contributed by atoms with E-state index in [1.807, 2.05) is 0 Å². The Morgan fingerprint density at radius 2 is 1.47 bits per heavy atom. The zero-order valence-corrected chi connectivity index (χ0v) is 10.2. The van der Waals surface area contributed by atoms with Crippen LogP contribution in [0.4, 0.5) is 0 Å². The molecule has 0 aliphatic carbocycles. The highest BCUT2D eigenvalue weighted by Crippen LogP contribution is 2.08. The van der Waals surface area contributed by atoms with Gasteiger partial charge in [-0.2, -0.15) is 0 Å². The van der Waals surface area contributed by atoms with Crippen molar-refractivity contribution in [3.05, 3.63) is 0 Å². The fourth-order valence-corrected chi connectivity index (χ4v) is 2.91. The molecule has 0 spiro atoms. The van der Waals surface area contributed by atoms with Crippen LogP contribution in [0.1, 0.15) is 26.7 Å². The summed E-state index contributed by atoms with van der Waals surface area (Å²) in [6.45, 7) is 12.2. The molecular formula is C12H25N3. The van der Waals surface area contributed by atoms with Crippen molar-refractivity contribution >= 4 is 0 Å². The van der Waals surface area contributed by atoms with Gasteiger partial charge in [0.05, 0.1) is 0 Å². The van der Waals surface area contributed by atoms with Gasteiger partial charge < -0.3 is 10.2 Å². The normalized spacial score (nSPS) is 34.8. The lowest BCUT2D eigenvalue weighted by atomic mass is 10.1. The van der Waals surface area contributed by atoms with Gasteiger partial charge in [-0.25, -0.2) is 0 Å². The second-order valence-electron chi connectivity index (χ2n) is 5.28. The molecule has 88 valence electrons. The summed E-state index contributed by atoms with van der Waals surface area (Å²) in [6, 6.07) is 1.32. The number of nitrogens with one attached hydrogen (secondary N) is 1. The highest BCUT2D eigenvalue weighted by molar-refractivity contribution is 4.81. The summed E-state index contributed by atoms with van der Waals surface area (Å²) in [6.07, 6.45) is 2.82. The summed E-state index contributed by atoms with van der Waals surface area (Å²) in [4.78, 5) is 5.22. The monoisotopic (exact) mass is 211 g/mol. The third-order valence-corrected chi connectivity index (χ3v) is 3.56. The van der Waals surface area contributed by atoms with Gasteiger partial charge in [0.2, 0.25) is 0 Å². The van der Waals surface area contributed by atoms with Crippen LogP contribution in [-0.4, -0.2) is 61.2 Å². The first-order valence-electron chi connectivity index (χ1n) is 6.45. The molecule has 0 aromatic rings. The van der Waals surface area contributed by atoms with Crippen molar-refractivity contribution in [1.29, 1.82) is 0 Å². The summed E-state index contributed by atoms with van der Waals surface area (Å²) in [5.74, 6) is 0. The van der Waals surface area contributed by atoms with Crippen LogP contribution in [0.5, 0.6) is 0 Å². The lowest BCUT2D eigenvalue weighted by Gasteiger charge is -2.36. The highest BCUT2D eigenvalue weighted by atomic mass is 15.2. The van der Waals surface area contributed by atoms with Crippen LogP contribution < -0.4 is 5.32 Å². The number of likely N-dealkylation sites (tertiary alicyclic amines) is 1. The molecule has 2 atom stereocenters. The Bertz CT molecular complexity index is 179. The second-order valence-corrected chi connectivity index (χ2v) is 5.28. The van der Waals surface area contributed by atoms with Gasteiger partial charge in [-0.3, -0.25) is 4.90 Å². The number of hydrogen-bond acceptors (Lipinski definition) is 3. The van der Waals surface area contributed by atoms with Crippen LogP contribution in [0, 0.1) is 0 Å². The van der Waals surface area contributed by atoms with Gasteiger partial charge in [0.25, 0.3) is 0 Å². The molecule has 3 nitrogen and oxygen atoms in total. The first-order chi connectivity index (χ1) is 7.24.